The number of nitrogens with zero attached hydrogens (tertiary/aromatic N) is 2. The van der Waals surface area contributed by atoms with E-state index >= 15 is 0 Å². The maximum Gasteiger partial charge on any atom is 0.0991 e. The summed E-state index contributed by atoms with van der Waals surface area (Å²) in [5.41, 5.74) is 3.14. The van der Waals surface area contributed by atoms with Crippen LogP contribution in [0.3, 0.4) is 0 Å². The number of hydrogen-bond donors (Lipinski definition) is 0. The first-order valence-corrected chi connectivity index (χ1v) is 6.92. The second-order valence-corrected chi connectivity index (χ2v) is 5.39. The van der Waals surface area contributed by atoms with Gasteiger partial charge in [-0.25, -0.2) is 0 Å². The highest BCUT2D eigenvalue weighted by molar-refractivity contribution is 6.30. The summed E-state index contributed by atoms with van der Waals surface area (Å²) in [6, 6.07) is 18.1. The van der Waals surface area contributed by atoms with Gasteiger partial charge in [0.05, 0.1) is 11.6 Å². The molecule has 3 heteroatoms. The van der Waals surface area contributed by atoms with Gasteiger partial charge in [-0.1, -0.05) is 35.9 Å². The predicted octanol–water partition coefficient (Wildman–Crippen LogP) is 4.40. The Morgan fingerprint density at radius 1 is 1.10 bits per heavy atom. The summed E-state index contributed by atoms with van der Waals surface area (Å²) in [6.45, 7) is 3.02. The number of halogens is 1. The fraction of sp³-hybridized carbons (Fsp3) is 0.235. The normalized spacial score (nSPS) is 12.2. The van der Waals surface area contributed by atoms with Crippen LogP contribution in [0.25, 0.3) is 0 Å². The maximum absolute atomic E-state index is 8.80. The van der Waals surface area contributed by atoms with E-state index in [1.165, 1.54) is 11.1 Å². The molecule has 2 aromatic carbocycles. The molecule has 2 nitrogen and oxygen atoms in total. The third kappa shape index (κ3) is 3.60. The van der Waals surface area contributed by atoms with E-state index in [2.05, 4.69) is 37.1 Å². The quantitative estimate of drug-likeness (QED) is 0.832. The monoisotopic (exact) mass is 284 g/mol. The molecule has 0 aliphatic carbocycles. The average molecular weight is 285 g/mol. The first-order chi connectivity index (χ1) is 9.60. The van der Waals surface area contributed by atoms with E-state index in [4.69, 9.17) is 16.9 Å². The largest absolute Gasteiger partial charge is 0.295 e. The van der Waals surface area contributed by atoms with Gasteiger partial charge in [-0.15, -0.1) is 0 Å². The van der Waals surface area contributed by atoms with Crippen molar-refractivity contribution in [3.63, 3.8) is 0 Å². The highest BCUT2D eigenvalue weighted by Crippen LogP contribution is 2.22. The lowest BCUT2D eigenvalue weighted by atomic mass is 10.1. The highest BCUT2D eigenvalue weighted by atomic mass is 35.5. The Balaban J connectivity index is 2.05. The second-order valence-electron chi connectivity index (χ2n) is 4.95. The molecule has 0 amide bonds. The molecule has 2 aromatic rings. The summed E-state index contributed by atoms with van der Waals surface area (Å²) in [7, 11) is 2.09. The van der Waals surface area contributed by atoms with Crippen LogP contribution in [0, 0.1) is 11.3 Å². The smallest absolute Gasteiger partial charge is 0.0991 e. The molecule has 0 aliphatic heterocycles. The van der Waals surface area contributed by atoms with Crippen molar-refractivity contribution in [2.75, 3.05) is 7.05 Å². The molecule has 102 valence electrons. The molecule has 0 aromatic heterocycles. The average Bonchev–Trinajstić information content (AvgIpc) is 2.48. The Kier molecular flexibility index (Phi) is 4.79. The highest BCUT2D eigenvalue weighted by Gasteiger charge is 2.11. The van der Waals surface area contributed by atoms with Gasteiger partial charge in [-0.2, -0.15) is 5.26 Å². The second kappa shape index (κ2) is 6.56. The van der Waals surface area contributed by atoms with Gasteiger partial charge in [0.15, 0.2) is 0 Å². The van der Waals surface area contributed by atoms with Crippen LogP contribution in [0.2, 0.25) is 5.02 Å². The van der Waals surface area contributed by atoms with Crippen molar-refractivity contribution in [3.8, 4) is 6.07 Å². The molecular weight excluding hydrogens is 268 g/mol. The van der Waals surface area contributed by atoms with Crippen molar-refractivity contribution >= 4 is 11.6 Å². The molecule has 0 bridgehead atoms. The van der Waals surface area contributed by atoms with Gasteiger partial charge in [0, 0.05) is 17.6 Å². The summed E-state index contributed by atoms with van der Waals surface area (Å²) in [6.07, 6.45) is 0. The summed E-state index contributed by atoms with van der Waals surface area (Å²) < 4.78 is 0. The third-order valence-electron chi connectivity index (χ3n) is 3.53. The number of benzene rings is 2. The van der Waals surface area contributed by atoms with E-state index in [0.717, 1.165) is 11.6 Å². The summed E-state index contributed by atoms with van der Waals surface area (Å²) in [5, 5.41) is 9.56. The Morgan fingerprint density at radius 3 is 2.25 bits per heavy atom. The number of rotatable bonds is 4. The fourth-order valence-electron chi connectivity index (χ4n) is 2.11. The summed E-state index contributed by atoms with van der Waals surface area (Å²) in [5.74, 6) is 0. The Hall–Kier alpha value is -1.82. The minimum atomic E-state index is 0.308. The topological polar surface area (TPSA) is 27.0 Å². The van der Waals surface area contributed by atoms with Crippen LogP contribution in [0.5, 0.6) is 0 Å². The van der Waals surface area contributed by atoms with Crippen molar-refractivity contribution in [1.29, 1.82) is 5.26 Å². The van der Waals surface area contributed by atoms with Crippen molar-refractivity contribution in [1.82, 2.24) is 4.90 Å². The fourth-order valence-corrected chi connectivity index (χ4v) is 2.23. The van der Waals surface area contributed by atoms with Crippen LogP contribution in [-0.2, 0) is 6.54 Å². The molecule has 1 atom stereocenters. The van der Waals surface area contributed by atoms with Gasteiger partial charge in [0.25, 0.3) is 0 Å². The molecule has 0 fully saturated rings. The molecule has 0 aliphatic rings. The van der Waals surface area contributed by atoms with Gasteiger partial charge in [-0.05, 0) is 49.4 Å². The molecule has 0 heterocycles. The van der Waals surface area contributed by atoms with Crippen LogP contribution in [0.15, 0.2) is 48.5 Å². The van der Waals surface area contributed by atoms with E-state index in [1.807, 2.05) is 36.4 Å². The first kappa shape index (κ1) is 14.6. The van der Waals surface area contributed by atoms with Crippen LogP contribution in [0.4, 0.5) is 0 Å². The Morgan fingerprint density at radius 2 is 1.70 bits per heavy atom. The maximum atomic E-state index is 8.80. The molecule has 2 rings (SSSR count). The van der Waals surface area contributed by atoms with E-state index in [0.29, 0.717) is 11.6 Å². The van der Waals surface area contributed by atoms with Gasteiger partial charge in [0.2, 0.25) is 0 Å². The lowest BCUT2D eigenvalue weighted by Gasteiger charge is -2.25. The van der Waals surface area contributed by atoms with Gasteiger partial charge in [0.1, 0.15) is 0 Å². The zero-order valence-corrected chi connectivity index (χ0v) is 12.4. The molecule has 0 saturated heterocycles. The molecule has 0 radical (unpaired) electrons. The third-order valence-corrected chi connectivity index (χ3v) is 3.78. The SMILES string of the molecule is CC(c1ccc(Cl)cc1)N(C)Cc1ccc(C#N)cc1. The summed E-state index contributed by atoms with van der Waals surface area (Å²) >= 11 is 5.91. The van der Waals surface area contributed by atoms with Crippen molar-refractivity contribution in [3.05, 3.63) is 70.2 Å². The van der Waals surface area contributed by atoms with Gasteiger partial charge >= 0.3 is 0 Å². The number of nitriles is 1. The van der Waals surface area contributed by atoms with Crippen molar-refractivity contribution < 1.29 is 0 Å². The van der Waals surface area contributed by atoms with Gasteiger partial charge in [-0.3, -0.25) is 4.90 Å². The lowest BCUT2D eigenvalue weighted by Crippen LogP contribution is -2.21. The minimum absolute atomic E-state index is 0.308. The molecule has 20 heavy (non-hydrogen) atoms. The van der Waals surface area contributed by atoms with E-state index in [9.17, 15) is 0 Å². The molecular formula is C17H17ClN2. The predicted molar refractivity (Wildman–Crippen MR) is 82.5 cm³/mol. The Labute approximate surface area is 125 Å². The van der Waals surface area contributed by atoms with E-state index < -0.39 is 0 Å². The standard InChI is InChI=1S/C17H17ClN2/c1-13(16-7-9-17(18)10-8-16)20(2)12-15-5-3-14(11-19)4-6-15/h3-10,13H,12H2,1-2H3. The summed E-state index contributed by atoms with van der Waals surface area (Å²) in [4.78, 5) is 2.27. The molecule has 0 spiro atoms. The minimum Gasteiger partial charge on any atom is -0.295 e. The Bertz CT molecular complexity index is 596. The van der Waals surface area contributed by atoms with Crippen molar-refractivity contribution in [2.45, 2.75) is 19.5 Å². The molecule has 0 saturated carbocycles. The lowest BCUT2D eigenvalue weighted by molar-refractivity contribution is 0.253. The van der Waals surface area contributed by atoms with Crippen LogP contribution in [-0.4, -0.2) is 11.9 Å². The van der Waals surface area contributed by atoms with E-state index in [1.54, 1.807) is 0 Å². The zero-order chi connectivity index (χ0) is 14.5. The van der Waals surface area contributed by atoms with E-state index in [-0.39, 0.29) is 0 Å². The molecule has 0 N–H and O–H groups in total. The zero-order valence-electron chi connectivity index (χ0n) is 11.7. The van der Waals surface area contributed by atoms with Gasteiger partial charge < -0.3 is 0 Å². The molecule has 1 unspecified atom stereocenters. The van der Waals surface area contributed by atoms with Crippen molar-refractivity contribution in [2.24, 2.45) is 0 Å². The van der Waals surface area contributed by atoms with Crippen LogP contribution in [0.1, 0.15) is 29.7 Å². The number of hydrogen-bond acceptors (Lipinski definition) is 2. The van der Waals surface area contributed by atoms with Crippen LogP contribution >= 0.6 is 11.6 Å². The first-order valence-electron chi connectivity index (χ1n) is 6.55. The van der Waals surface area contributed by atoms with Crippen LogP contribution < -0.4 is 0 Å².